The highest BCUT2D eigenvalue weighted by Gasteiger charge is 2.06. The van der Waals surface area contributed by atoms with E-state index in [1.165, 1.54) is 11.3 Å². The molecule has 0 saturated carbocycles. The zero-order valence-corrected chi connectivity index (χ0v) is 11.4. The number of aromatic nitrogens is 4. The summed E-state index contributed by atoms with van der Waals surface area (Å²) >= 11 is 7.27. The number of anilines is 1. The third kappa shape index (κ3) is 2.38. The lowest BCUT2D eigenvalue weighted by molar-refractivity contribution is 1.15. The topological polar surface area (TPSA) is 66.5 Å². The van der Waals surface area contributed by atoms with Gasteiger partial charge in [-0.1, -0.05) is 11.6 Å². The lowest BCUT2D eigenvalue weighted by Gasteiger charge is -1.99. The van der Waals surface area contributed by atoms with Gasteiger partial charge >= 0.3 is 0 Å². The molecule has 5 nitrogen and oxygen atoms in total. The van der Waals surface area contributed by atoms with Crippen LogP contribution in [0.1, 0.15) is 10.7 Å². The van der Waals surface area contributed by atoms with Crippen molar-refractivity contribution in [1.29, 1.82) is 0 Å². The number of nitrogens with zero attached hydrogens (tertiary/aromatic N) is 3. The molecule has 3 aromatic heterocycles. The zero-order chi connectivity index (χ0) is 13.2. The fraction of sp³-hybridized carbons (Fsp3) is 0.0833. The Bertz CT molecular complexity index is 795. The second-order valence-corrected chi connectivity index (χ2v) is 5.32. The molecule has 0 atom stereocenters. The van der Waals surface area contributed by atoms with Gasteiger partial charge in [-0.25, -0.2) is 9.97 Å². The Morgan fingerprint density at radius 1 is 1.32 bits per heavy atom. The second-order valence-electron chi connectivity index (χ2n) is 3.60. The summed E-state index contributed by atoms with van der Waals surface area (Å²) in [5.74, 6) is 7.00. The van der Waals surface area contributed by atoms with Crippen LogP contribution in [0.2, 0.25) is 4.34 Å². The van der Waals surface area contributed by atoms with E-state index in [0.29, 0.717) is 21.6 Å². The van der Waals surface area contributed by atoms with Crippen LogP contribution in [0.4, 0.5) is 5.82 Å². The molecular formula is C12H8ClN5S. The molecular weight excluding hydrogens is 282 g/mol. The van der Waals surface area contributed by atoms with E-state index in [0.717, 1.165) is 10.4 Å². The van der Waals surface area contributed by atoms with Crippen molar-refractivity contribution in [3.05, 3.63) is 33.5 Å². The highest BCUT2D eigenvalue weighted by atomic mass is 35.5. The van der Waals surface area contributed by atoms with Crippen molar-refractivity contribution in [1.82, 2.24) is 19.9 Å². The number of halogens is 1. The fourth-order valence-corrected chi connectivity index (χ4v) is 2.47. The van der Waals surface area contributed by atoms with Gasteiger partial charge in [0.15, 0.2) is 11.5 Å². The van der Waals surface area contributed by atoms with Gasteiger partial charge in [-0.3, -0.25) is 0 Å². The molecule has 7 heteroatoms. The van der Waals surface area contributed by atoms with Crippen LogP contribution in [0, 0.1) is 11.8 Å². The van der Waals surface area contributed by atoms with Gasteiger partial charge in [0.2, 0.25) is 5.82 Å². The molecule has 3 rings (SSSR count). The average Bonchev–Trinajstić information content (AvgIpc) is 3.03. The van der Waals surface area contributed by atoms with Gasteiger partial charge in [-0.15, -0.1) is 11.3 Å². The van der Waals surface area contributed by atoms with Crippen molar-refractivity contribution in [3.63, 3.8) is 0 Å². The molecule has 3 heterocycles. The van der Waals surface area contributed by atoms with Crippen molar-refractivity contribution < 1.29 is 0 Å². The predicted molar refractivity (Wildman–Crippen MR) is 76.5 cm³/mol. The van der Waals surface area contributed by atoms with Crippen LogP contribution in [-0.2, 0) is 0 Å². The summed E-state index contributed by atoms with van der Waals surface area (Å²) in [5, 5.41) is 2.99. The van der Waals surface area contributed by atoms with Crippen LogP contribution in [0.5, 0.6) is 0 Å². The first-order valence-electron chi connectivity index (χ1n) is 5.42. The number of hydrogen-bond donors (Lipinski definition) is 2. The molecule has 0 aliphatic heterocycles. The van der Waals surface area contributed by atoms with E-state index in [1.807, 2.05) is 12.1 Å². The zero-order valence-electron chi connectivity index (χ0n) is 9.86. The average molecular weight is 290 g/mol. The molecule has 0 amide bonds. The van der Waals surface area contributed by atoms with E-state index < -0.39 is 0 Å². The molecule has 94 valence electrons. The number of thiophene rings is 1. The smallest absolute Gasteiger partial charge is 0.209 e. The van der Waals surface area contributed by atoms with Gasteiger partial charge in [0, 0.05) is 7.05 Å². The van der Waals surface area contributed by atoms with E-state index in [2.05, 4.69) is 37.1 Å². The minimum atomic E-state index is 0.425. The van der Waals surface area contributed by atoms with Crippen LogP contribution in [0.25, 0.3) is 11.2 Å². The number of nitrogens with one attached hydrogen (secondary N) is 2. The predicted octanol–water partition coefficient (Wildman–Crippen LogP) is 2.51. The summed E-state index contributed by atoms with van der Waals surface area (Å²) in [6.45, 7) is 0. The Morgan fingerprint density at radius 2 is 2.21 bits per heavy atom. The Hall–Kier alpha value is -2.10. The van der Waals surface area contributed by atoms with E-state index in [4.69, 9.17) is 11.6 Å². The Balaban J connectivity index is 2.03. The first-order chi connectivity index (χ1) is 9.26. The van der Waals surface area contributed by atoms with Crippen LogP contribution >= 0.6 is 22.9 Å². The van der Waals surface area contributed by atoms with E-state index >= 15 is 0 Å². The van der Waals surface area contributed by atoms with Gasteiger partial charge < -0.3 is 10.3 Å². The summed E-state index contributed by atoms with van der Waals surface area (Å²) in [4.78, 5) is 16.6. The highest BCUT2D eigenvalue weighted by Crippen LogP contribution is 2.20. The highest BCUT2D eigenvalue weighted by molar-refractivity contribution is 7.16. The molecule has 0 radical (unpaired) electrons. The SMILES string of the molecule is CNc1nc(C#Cc2ccc(Cl)s2)nc2nc[nH]c12. The molecule has 3 aromatic rings. The van der Waals surface area contributed by atoms with Crippen molar-refractivity contribution in [3.8, 4) is 11.8 Å². The summed E-state index contributed by atoms with van der Waals surface area (Å²) in [5.41, 5.74) is 1.36. The normalized spacial score (nSPS) is 10.2. The van der Waals surface area contributed by atoms with E-state index in [9.17, 15) is 0 Å². The molecule has 0 saturated heterocycles. The third-order valence-electron chi connectivity index (χ3n) is 2.39. The number of aromatic amines is 1. The lowest BCUT2D eigenvalue weighted by Crippen LogP contribution is -1.98. The first-order valence-corrected chi connectivity index (χ1v) is 6.62. The third-order valence-corrected chi connectivity index (χ3v) is 3.54. The molecule has 0 bridgehead atoms. The van der Waals surface area contributed by atoms with Crippen molar-refractivity contribution in [2.45, 2.75) is 0 Å². The Morgan fingerprint density at radius 3 is 2.95 bits per heavy atom. The molecule has 19 heavy (non-hydrogen) atoms. The largest absolute Gasteiger partial charge is 0.371 e. The molecule has 0 fully saturated rings. The maximum Gasteiger partial charge on any atom is 0.209 e. The van der Waals surface area contributed by atoms with Crippen LogP contribution in [-0.4, -0.2) is 27.0 Å². The molecule has 0 aromatic carbocycles. The van der Waals surface area contributed by atoms with E-state index in [1.54, 1.807) is 13.4 Å². The molecule has 0 unspecified atom stereocenters. The summed E-state index contributed by atoms with van der Waals surface area (Å²) in [6.07, 6.45) is 1.58. The molecule has 2 N–H and O–H groups in total. The maximum atomic E-state index is 5.85. The second kappa shape index (κ2) is 4.88. The summed E-state index contributed by atoms with van der Waals surface area (Å²) < 4.78 is 0.712. The molecule has 0 aliphatic rings. The standard InChI is InChI=1S/C12H8ClN5S/c1-14-11-10-12(16-6-15-10)18-9(17-11)5-3-7-2-4-8(13)19-7/h2,4,6H,1H3,(H2,14,15,16,17,18). The number of fused-ring (bicyclic) bond motifs is 1. The quantitative estimate of drug-likeness (QED) is 0.676. The number of imidazole rings is 1. The summed E-state index contributed by atoms with van der Waals surface area (Å²) in [6, 6.07) is 3.68. The van der Waals surface area contributed by atoms with Gasteiger partial charge in [-0.05, 0) is 24.0 Å². The lowest BCUT2D eigenvalue weighted by atomic mass is 10.4. The van der Waals surface area contributed by atoms with Crippen molar-refractivity contribution in [2.75, 3.05) is 12.4 Å². The van der Waals surface area contributed by atoms with Gasteiger partial charge in [-0.2, -0.15) is 4.98 Å². The van der Waals surface area contributed by atoms with Gasteiger partial charge in [0.05, 0.1) is 15.5 Å². The number of rotatable bonds is 1. The Kier molecular flexibility index (Phi) is 3.07. The summed E-state index contributed by atoms with van der Waals surface area (Å²) in [7, 11) is 1.79. The Labute approximate surface area is 118 Å². The maximum absolute atomic E-state index is 5.85. The molecule has 0 spiro atoms. The number of hydrogen-bond acceptors (Lipinski definition) is 5. The molecule has 0 aliphatic carbocycles. The first kappa shape index (κ1) is 12.0. The van der Waals surface area contributed by atoms with E-state index in [-0.39, 0.29) is 0 Å². The number of H-pyrrole nitrogens is 1. The van der Waals surface area contributed by atoms with Gasteiger partial charge in [0.1, 0.15) is 5.52 Å². The van der Waals surface area contributed by atoms with Crippen molar-refractivity contribution in [2.24, 2.45) is 0 Å². The monoisotopic (exact) mass is 289 g/mol. The minimum Gasteiger partial charge on any atom is -0.371 e. The van der Waals surface area contributed by atoms with Crippen molar-refractivity contribution >= 4 is 39.9 Å². The van der Waals surface area contributed by atoms with Gasteiger partial charge in [0.25, 0.3) is 0 Å². The van der Waals surface area contributed by atoms with Crippen LogP contribution < -0.4 is 5.32 Å². The van der Waals surface area contributed by atoms with Crippen LogP contribution in [0.15, 0.2) is 18.5 Å². The minimum absolute atomic E-state index is 0.425. The van der Waals surface area contributed by atoms with Crippen LogP contribution in [0.3, 0.4) is 0 Å². The fourth-order valence-electron chi connectivity index (χ4n) is 1.57.